The number of ether oxygens (including phenoxy) is 5. The molecular weight excluding hydrogens is 490 g/mol. The molecule has 0 saturated carbocycles. The number of fused-ring (bicyclic) bond motifs is 2. The summed E-state index contributed by atoms with van der Waals surface area (Å²) >= 11 is 6.28. The van der Waals surface area contributed by atoms with Crippen LogP contribution in [0, 0.1) is 0 Å². The fraction of sp³-hybridized carbons (Fsp3) is 0.708. The average Bonchev–Trinajstić information content (AvgIpc) is 3.44. The summed E-state index contributed by atoms with van der Waals surface area (Å²) in [4.78, 5) is 23.0. The number of amides is 1. The molecule has 12 heteroatoms. The van der Waals surface area contributed by atoms with Gasteiger partial charge in [0.25, 0.3) is 0 Å². The lowest BCUT2D eigenvalue weighted by atomic mass is 10.1. The molecule has 2 aromatic rings. The molecule has 3 saturated heterocycles. The zero-order valence-electron chi connectivity index (χ0n) is 21.3. The van der Waals surface area contributed by atoms with Gasteiger partial charge in [-0.05, 0) is 40.7 Å². The second kappa shape index (κ2) is 9.70. The van der Waals surface area contributed by atoms with E-state index in [-0.39, 0.29) is 24.4 Å². The summed E-state index contributed by atoms with van der Waals surface area (Å²) in [6, 6.07) is 1.85. The minimum atomic E-state index is -0.742. The van der Waals surface area contributed by atoms with Gasteiger partial charge in [0.05, 0.1) is 24.6 Å². The van der Waals surface area contributed by atoms with Crippen molar-refractivity contribution in [1.82, 2.24) is 24.8 Å². The largest absolute Gasteiger partial charge is 0.444 e. The molecule has 3 aliphatic heterocycles. The van der Waals surface area contributed by atoms with Gasteiger partial charge in [0.2, 0.25) is 0 Å². The van der Waals surface area contributed by atoms with E-state index in [1.54, 1.807) is 0 Å². The molecule has 0 aromatic carbocycles. The second-order valence-corrected chi connectivity index (χ2v) is 11.2. The van der Waals surface area contributed by atoms with Crippen molar-refractivity contribution in [2.75, 3.05) is 32.8 Å². The highest BCUT2D eigenvalue weighted by atomic mass is 35.5. The van der Waals surface area contributed by atoms with Crippen LogP contribution in [0.1, 0.15) is 40.8 Å². The Hall–Kier alpha value is -2.02. The Labute approximate surface area is 215 Å². The third-order valence-electron chi connectivity index (χ3n) is 6.50. The fourth-order valence-corrected chi connectivity index (χ4v) is 5.23. The van der Waals surface area contributed by atoms with E-state index in [0.717, 1.165) is 5.39 Å². The van der Waals surface area contributed by atoms with Crippen LogP contribution in [0.4, 0.5) is 4.79 Å². The molecule has 5 atom stereocenters. The molecule has 5 heterocycles. The number of rotatable bonds is 5. The molecule has 2 aromatic heterocycles. The minimum absolute atomic E-state index is 0.0262. The van der Waals surface area contributed by atoms with Crippen molar-refractivity contribution in [3.63, 3.8) is 0 Å². The van der Waals surface area contributed by atoms with Crippen molar-refractivity contribution in [3.05, 3.63) is 23.7 Å². The summed E-state index contributed by atoms with van der Waals surface area (Å²) in [5.74, 6) is -0.742. The van der Waals surface area contributed by atoms with Crippen LogP contribution in [0.3, 0.4) is 0 Å². The van der Waals surface area contributed by atoms with Crippen LogP contribution >= 0.6 is 11.6 Å². The van der Waals surface area contributed by atoms with E-state index in [1.165, 1.54) is 6.33 Å². The summed E-state index contributed by atoms with van der Waals surface area (Å²) in [5, 5.41) is 4.01. The molecule has 3 aliphatic rings. The van der Waals surface area contributed by atoms with Crippen molar-refractivity contribution in [1.29, 1.82) is 0 Å². The standard InChI is InChI=1S/C24H34ClN5O6/c1-23(2,3)36-22(31)26-10-14-12-32-9-8-29(14)11-16-17-18(35-24(4,5)34-17)21(33-16)30-7-6-15-19(25)27-13-28-20(15)30/h6-7,13-14,16-18,21H,8-12H2,1-5H3,(H,26,31)/t14-,16+,17+,18+,21+/m0/s1. The quantitative estimate of drug-likeness (QED) is 0.591. The van der Waals surface area contributed by atoms with Gasteiger partial charge in [0.1, 0.15) is 41.0 Å². The number of halogens is 1. The maximum Gasteiger partial charge on any atom is 0.407 e. The Morgan fingerprint density at radius 2 is 2.06 bits per heavy atom. The molecule has 0 aliphatic carbocycles. The van der Waals surface area contributed by atoms with Crippen LogP contribution in [0.5, 0.6) is 0 Å². The summed E-state index contributed by atoms with van der Waals surface area (Å²) in [7, 11) is 0. The molecule has 1 amide bonds. The summed E-state index contributed by atoms with van der Waals surface area (Å²) in [5.41, 5.74) is 0.123. The number of nitrogens with one attached hydrogen (secondary N) is 1. The first-order chi connectivity index (χ1) is 17.0. The highest BCUT2D eigenvalue weighted by molar-refractivity contribution is 6.33. The number of morpholine rings is 1. The zero-order chi connectivity index (χ0) is 25.7. The lowest BCUT2D eigenvalue weighted by Gasteiger charge is -2.37. The van der Waals surface area contributed by atoms with Crippen LogP contribution in [0.25, 0.3) is 11.0 Å². The van der Waals surface area contributed by atoms with Gasteiger partial charge < -0.3 is 33.6 Å². The van der Waals surface area contributed by atoms with Crippen LogP contribution in [0.15, 0.2) is 18.6 Å². The monoisotopic (exact) mass is 523 g/mol. The number of nitrogens with zero attached hydrogens (tertiary/aromatic N) is 4. The van der Waals surface area contributed by atoms with Gasteiger partial charge in [-0.15, -0.1) is 0 Å². The van der Waals surface area contributed by atoms with Gasteiger partial charge in [0.15, 0.2) is 12.0 Å². The predicted molar refractivity (Wildman–Crippen MR) is 131 cm³/mol. The third-order valence-corrected chi connectivity index (χ3v) is 6.81. The number of aromatic nitrogens is 3. The average molecular weight is 524 g/mol. The van der Waals surface area contributed by atoms with E-state index in [1.807, 2.05) is 51.4 Å². The van der Waals surface area contributed by atoms with Crippen LogP contribution in [0.2, 0.25) is 5.15 Å². The number of hydrogen-bond donors (Lipinski definition) is 1. The highest BCUT2D eigenvalue weighted by Crippen LogP contribution is 2.44. The van der Waals surface area contributed by atoms with Gasteiger partial charge in [0, 0.05) is 25.8 Å². The lowest BCUT2D eigenvalue weighted by molar-refractivity contribution is -0.199. The first-order valence-corrected chi connectivity index (χ1v) is 12.7. The molecule has 36 heavy (non-hydrogen) atoms. The lowest BCUT2D eigenvalue weighted by Crippen LogP contribution is -2.54. The third kappa shape index (κ3) is 5.32. The van der Waals surface area contributed by atoms with Gasteiger partial charge in [-0.3, -0.25) is 4.90 Å². The van der Waals surface area contributed by atoms with Crippen molar-refractivity contribution in [3.8, 4) is 0 Å². The molecule has 0 spiro atoms. The molecule has 11 nitrogen and oxygen atoms in total. The normalized spacial score (nSPS) is 30.4. The SMILES string of the molecule is CC(C)(C)OC(=O)NC[C@H]1COCCN1C[C@H]1O[C@@H](n2ccc3c(Cl)ncnc32)[C@@H]2OC(C)(C)O[C@@H]21. The Kier molecular flexibility index (Phi) is 6.90. The van der Waals surface area contributed by atoms with Crippen LogP contribution in [-0.2, 0) is 23.7 Å². The van der Waals surface area contributed by atoms with E-state index >= 15 is 0 Å². The van der Waals surface area contributed by atoms with Gasteiger partial charge in [-0.1, -0.05) is 11.6 Å². The first kappa shape index (κ1) is 25.6. The maximum atomic E-state index is 12.2. The molecule has 0 radical (unpaired) electrons. The Morgan fingerprint density at radius 3 is 2.83 bits per heavy atom. The Bertz CT molecular complexity index is 1100. The molecule has 1 N–H and O–H groups in total. The maximum absolute atomic E-state index is 12.2. The summed E-state index contributed by atoms with van der Waals surface area (Å²) < 4.78 is 32.2. The predicted octanol–water partition coefficient (Wildman–Crippen LogP) is 2.73. The topological polar surface area (TPSA) is 109 Å². The molecular formula is C24H34ClN5O6. The van der Waals surface area contributed by atoms with Crippen molar-refractivity contribution in [2.24, 2.45) is 0 Å². The number of carbonyl (C=O) groups is 1. The Morgan fingerprint density at radius 1 is 1.28 bits per heavy atom. The molecule has 0 bridgehead atoms. The van der Waals surface area contributed by atoms with Gasteiger partial charge >= 0.3 is 6.09 Å². The van der Waals surface area contributed by atoms with Crippen LogP contribution < -0.4 is 5.32 Å². The molecule has 3 fully saturated rings. The summed E-state index contributed by atoms with van der Waals surface area (Å²) in [6.45, 7) is 12.2. The van der Waals surface area contributed by atoms with Crippen LogP contribution in [-0.4, -0.2) is 94.1 Å². The van der Waals surface area contributed by atoms with E-state index in [4.69, 9.17) is 35.3 Å². The molecule has 5 rings (SSSR count). The number of hydrogen-bond acceptors (Lipinski definition) is 9. The molecule has 198 valence electrons. The second-order valence-electron chi connectivity index (χ2n) is 10.9. The van der Waals surface area contributed by atoms with Gasteiger partial charge in [-0.2, -0.15) is 0 Å². The van der Waals surface area contributed by atoms with E-state index in [2.05, 4.69) is 20.2 Å². The Balaban J connectivity index is 1.32. The van der Waals surface area contributed by atoms with E-state index < -0.39 is 23.7 Å². The molecule has 0 unspecified atom stereocenters. The summed E-state index contributed by atoms with van der Waals surface area (Å²) in [6.07, 6.45) is 1.59. The fourth-order valence-electron chi connectivity index (χ4n) is 5.04. The number of carbonyl (C=O) groups excluding carboxylic acids is 1. The smallest absolute Gasteiger partial charge is 0.407 e. The minimum Gasteiger partial charge on any atom is -0.444 e. The van der Waals surface area contributed by atoms with Crippen molar-refractivity contribution in [2.45, 2.75) is 76.6 Å². The zero-order valence-corrected chi connectivity index (χ0v) is 22.0. The van der Waals surface area contributed by atoms with Crippen molar-refractivity contribution < 1.29 is 28.5 Å². The van der Waals surface area contributed by atoms with Crippen molar-refractivity contribution >= 4 is 28.7 Å². The number of alkyl carbamates (subject to hydrolysis) is 1. The van der Waals surface area contributed by atoms with E-state index in [9.17, 15) is 4.79 Å². The highest BCUT2D eigenvalue weighted by Gasteiger charge is 2.56. The van der Waals surface area contributed by atoms with E-state index in [0.29, 0.717) is 43.6 Å². The first-order valence-electron chi connectivity index (χ1n) is 12.3. The van der Waals surface area contributed by atoms with Gasteiger partial charge in [-0.25, -0.2) is 14.8 Å².